The van der Waals surface area contributed by atoms with Gasteiger partial charge < -0.3 is 5.73 Å². The van der Waals surface area contributed by atoms with Crippen LogP contribution < -0.4 is 5.73 Å². The van der Waals surface area contributed by atoms with Crippen molar-refractivity contribution in [3.8, 4) is 10.6 Å². The standard InChI is InChI=1S/C6H6N4S2/c1-3-5(12-10-9-3)4-2-11-6(7)8-4/h2H,1H3,(H2,7,8). The summed E-state index contributed by atoms with van der Waals surface area (Å²) in [6.07, 6.45) is 0. The van der Waals surface area contributed by atoms with Crippen molar-refractivity contribution in [3.63, 3.8) is 0 Å². The van der Waals surface area contributed by atoms with Crippen LogP contribution in [-0.2, 0) is 0 Å². The molecule has 0 fully saturated rings. The Bertz CT molecular complexity index is 392. The van der Waals surface area contributed by atoms with E-state index in [0.717, 1.165) is 16.3 Å². The molecule has 0 aliphatic rings. The van der Waals surface area contributed by atoms with Crippen molar-refractivity contribution in [3.05, 3.63) is 11.1 Å². The maximum Gasteiger partial charge on any atom is 0.180 e. The first-order valence-electron chi connectivity index (χ1n) is 3.27. The summed E-state index contributed by atoms with van der Waals surface area (Å²) in [5.74, 6) is 0. The highest BCUT2D eigenvalue weighted by molar-refractivity contribution is 7.14. The predicted molar refractivity (Wildman–Crippen MR) is 50.2 cm³/mol. The van der Waals surface area contributed by atoms with Crippen LogP contribution in [0.15, 0.2) is 5.38 Å². The number of thiazole rings is 1. The van der Waals surface area contributed by atoms with E-state index in [-0.39, 0.29) is 0 Å². The summed E-state index contributed by atoms with van der Waals surface area (Å²) >= 11 is 2.77. The number of aryl methyl sites for hydroxylation is 1. The smallest absolute Gasteiger partial charge is 0.180 e. The van der Waals surface area contributed by atoms with E-state index in [0.29, 0.717) is 5.13 Å². The van der Waals surface area contributed by atoms with Gasteiger partial charge >= 0.3 is 0 Å². The summed E-state index contributed by atoms with van der Waals surface area (Å²) in [6, 6.07) is 0. The van der Waals surface area contributed by atoms with Crippen LogP contribution in [0.2, 0.25) is 0 Å². The summed E-state index contributed by atoms with van der Waals surface area (Å²) in [6.45, 7) is 1.91. The maximum absolute atomic E-state index is 5.51. The largest absolute Gasteiger partial charge is 0.375 e. The minimum Gasteiger partial charge on any atom is -0.375 e. The summed E-state index contributed by atoms with van der Waals surface area (Å²) < 4.78 is 3.82. The van der Waals surface area contributed by atoms with Crippen LogP contribution in [0.5, 0.6) is 0 Å². The molecule has 0 saturated carbocycles. The number of nitrogens with two attached hydrogens (primary N) is 1. The second-order valence-electron chi connectivity index (χ2n) is 2.26. The lowest BCUT2D eigenvalue weighted by molar-refractivity contribution is 1.09. The highest BCUT2D eigenvalue weighted by Crippen LogP contribution is 2.27. The van der Waals surface area contributed by atoms with Gasteiger partial charge in [-0.2, -0.15) is 0 Å². The van der Waals surface area contributed by atoms with Gasteiger partial charge in [0.1, 0.15) is 0 Å². The van der Waals surface area contributed by atoms with Gasteiger partial charge in [0.05, 0.1) is 16.3 Å². The molecule has 0 spiro atoms. The van der Waals surface area contributed by atoms with Crippen LogP contribution in [-0.4, -0.2) is 14.6 Å². The molecule has 0 atom stereocenters. The number of anilines is 1. The second kappa shape index (κ2) is 2.80. The van der Waals surface area contributed by atoms with E-state index >= 15 is 0 Å². The molecule has 2 N–H and O–H groups in total. The molecule has 2 aromatic heterocycles. The van der Waals surface area contributed by atoms with Crippen LogP contribution in [0.3, 0.4) is 0 Å². The van der Waals surface area contributed by atoms with Gasteiger partial charge in [0, 0.05) is 5.38 Å². The topological polar surface area (TPSA) is 64.7 Å². The van der Waals surface area contributed by atoms with Gasteiger partial charge in [-0.25, -0.2) is 4.98 Å². The van der Waals surface area contributed by atoms with Crippen molar-refractivity contribution in [2.45, 2.75) is 6.92 Å². The van der Waals surface area contributed by atoms with Crippen LogP contribution in [0.1, 0.15) is 5.69 Å². The average Bonchev–Trinajstić information content (AvgIpc) is 2.58. The monoisotopic (exact) mass is 198 g/mol. The zero-order valence-corrected chi connectivity index (χ0v) is 7.95. The van der Waals surface area contributed by atoms with Crippen molar-refractivity contribution in [1.82, 2.24) is 14.6 Å². The Morgan fingerprint density at radius 3 is 2.83 bits per heavy atom. The van der Waals surface area contributed by atoms with Gasteiger partial charge in [0.25, 0.3) is 0 Å². The van der Waals surface area contributed by atoms with Crippen molar-refractivity contribution in [2.75, 3.05) is 5.73 Å². The number of rotatable bonds is 1. The lowest BCUT2D eigenvalue weighted by Crippen LogP contribution is -1.82. The first-order valence-corrected chi connectivity index (χ1v) is 4.93. The Kier molecular flexibility index (Phi) is 1.78. The van der Waals surface area contributed by atoms with Crippen molar-refractivity contribution < 1.29 is 0 Å². The van der Waals surface area contributed by atoms with Gasteiger partial charge in [0.2, 0.25) is 0 Å². The SMILES string of the molecule is Cc1nnsc1-c1csc(N)n1. The van der Waals surface area contributed by atoms with E-state index in [1.54, 1.807) is 0 Å². The Hall–Kier alpha value is -1.01. The van der Waals surface area contributed by atoms with E-state index < -0.39 is 0 Å². The lowest BCUT2D eigenvalue weighted by atomic mass is 10.3. The van der Waals surface area contributed by atoms with Gasteiger partial charge in [-0.3, -0.25) is 0 Å². The molecule has 0 aromatic carbocycles. The number of hydrogen-bond donors (Lipinski definition) is 1. The fraction of sp³-hybridized carbons (Fsp3) is 0.167. The summed E-state index contributed by atoms with van der Waals surface area (Å²) in [5, 5.41) is 6.39. The molecule has 2 rings (SSSR count). The average molecular weight is 198 g/mol. The molecule has 0 amide bonds. The Balaban J connectivity index is 2.50. The number of nitrogen functional groups attached to an aromatic ring is 1. The molecular formula is C6H6N4S2. The van der Waals surface area contributed by atoms with Crippen LogP contribution in [0.4, 0.5) is 5.13 Å². The minimum absolute atomic E-state index is 0.581. The highest BCUT2D eigenvalue weighted by atomic mass is 32.1. The zero-order chi connectivity index (χ0) is 8.55. The highest BCUT2D eigenvalue weighted by Gasteiger charge is 2.08. The molecular weight excluding hydrogens is 192 g/mol. The first kappa shape index (κ1) is 7.63. The number of nitrogens with zero attached hydrogens (tertiary/aromatic N) is 3. The van der Waals surface area contributed by atoms with Gasteiger partial charge in [-0.15, -0.1) is 16.4 Å². The fourth-order valence-corrected chi connectivity index (χ4v) is 2.10. The molecule has 0 aliphatic carbocycles. The van der Waals surface area contributed by atoms with Crippen LogP contribution in [0.25, 0.3) is 10.6 Å². The molecule has 0 aliphatic heterocycles. The minimum atomic E-state index is 0.581. The Labute approximate surface area is 77.2 Å². The van der Waals surface area contributed by atoms with E-state index in [2.05, 4.69) is 14.6 Å². The third kappa shape index (κ3) is 1.19. The third-order valence-electron chi connectivity index (χ3n) is 1.41. The van der Waals surface area contributed by atoms with E-state index in [4.69, 9.17) is 5.73 Å². The molecule has 0 bridgehead atoms. The van der Waals surface area contributed by atoms with E-state index in [1.165, 1.54) is 22.9 Å². The number of hydrogen-bond acceptors (Lipinski definition) is 6. The summed E-state index contributed by atoms with van der Waals surface area (Å²) in [4.78, 5) is 5.14. The van der Waals surface area contributed by atoms with Crippen LogP contribution in [0, 0.1) is 6.92 Å². The first-order chi connectivity index (χ1) is 5.77. The van der Waals surface area contributed by atoms with Crippen molar-refractivity contribution >= 4 is 28.0 Å². The molecule has 62 valence electrons. The van der Waals surface area contributed by atoms with Crippen molar-refractivity contribution in [1.29, 1.82) is 0 Å². The number of aromatic nitrogens is 3. The second-order valence-corrected chi connectivity index (χ2v) is 3.90. The summed E-state index contributed by atoms with van der Waals surface area (Å²) in [7, 11) is 0. The van der Waals surface area contributed by atoms with Gasteiger partial charge in [-0.05, 0) is 18.5 Å². The van der Waals surface area contributed by atoms with E-state index in [9.17, 15) is 0 Å². The van der Waals surface area contributed by atoms with Crippen LogP contribution >= 0.6 is 22.9 Å². The Morgan fingerprint density at radius 1 is 1.50 bits per heavy atom. The predicted octanol–water partition coefficient (Wildman–Crippen LogP) is 1.55. The quantitative estimate of drug-likeness (QED) is 0.755. The fourth-order valence-electron chi connectivity index (χ4n) is 0.858. The molecule has 2 heterocycles. The molecule has 0 radical (unpaired) electrons. The summed E-state index contributed by atoms with van der Waals surface area (Å²) in [5.41, 5.74) is 7.29. The van der Waals surface area contributed by atoms with Gasteiger partial charge in [0.15, 0.2) is 5.13 Å². The molecule has 0 saturated heterocycles. The Morgan fingerprint density at radius 2 is 2.33 bits per heavy atom. The molecule has 0 unspecified atom stereocenters. The lowest BCUT2D eigenvalue weighted by Gasteiger charge is -1.87. The zero-order valence-electron chi connectivity index (χ0n) is 6.31. The normalized spacial score (nSPS) is 10.4. The maximum atomic E-state index is 5.51. The molecule has 4 nitrogen and oxygen atoms in total. The van der Waals surface area contributed by atoms with E-state index in [1.807, 2.05) is 12.3 Å². The third-order valence-corrected chi connectivity index (χ3v) is 2.93. The molecule has 2 aromatic rings. The molecule has 12 heavy (non-hydrogen) atoms. The van der Waals surface area contributed by atoms with Gasteiger partial charge in [-0.1, -0.05) is 4.49 Å². The van der Waals surface area contributed by atoms with Crippen molar-refractivity contribution in [2.24, 2.45) is 0 Å². The molecule has 6 heteroatoms.